The van der Waals surface area contributed by atoms with Crippen molar-refractivity contribution >= 4 is 28.4 Å². The molecule has 2 aromatic rings. The molecule has 7 nitrogen and oxygen atoms in total. The molecule has 0 bridgehead atoms. The van der Waals surface area contributed by atoms with Gasteiger partial charge in [-0.05, 0) is 29.9 Å². The Morgan fingerprint density at radius 1 is 1.17 bits per heavy atom. The molecule has 2 unspecified atom stereocenters. The SMILES string of the molecule is N#C/C(=C\c1ccc2ccccc2c1N1CCCC1)C(=O)NCC(O)C(O)CO. The van der Waals surface area contributed by atoms with Crippen LogP contribution in [0.25, 0.3) is 16.8 Å². The van der Waals surface area contributed by atoms with E-state index in [2.05, 4.69) is 10.2 Å². The highest BCUT2D eigenvalue weighted by Gasteiger charge is 2.20. The Bertz CT molecular complexity index is 945. The first-order valence-corrected chi connectivity index (χ1v) is 9.69. The second-order valence-electron chi connectivity index (χ2n) is 7.12. The molecule has 4 N–H and O–H groups in total. The first-order chi connectivity index (χ1) is 14.0. The molecule has 1 saturated heterocycles. The van der Waals surface area contributed by atoms with Gasteiger partial charge in [-0.15, -0.1) is 0 Å². The number of hydrogen-bond donors (Lipinski definition) is 4. The summed E-state index contributed by atoms with van der Waals surface area (Å²) in [7, 11) is 0. The second-order valence-corrected chi connectivity index (χ2v) is 7.12. The molecule has 0 saturated carbocycles. The van der Waals surface area contributed by atoms with Crippen molar-refractivity contribution < 1.29 is 20.1 Å². The number of nitrogens with zero attached hydrogens (tertiary/aromatic N) is 2. The third kappa shape index (κ3) is 4.74. The van der Waals surface area contributed by atoms with E-state index in [-0.39, 0.29) is 12.1 Å². The lowest BCUT2D eigenvalue weighted by atomic mass is 10.0. The lowest BCUT2D eigenvalue weighted by Gasteiger charge is -2.23. The van der Waals surface area contributed by atoms with Gasteiger partial charge < -0.3 is 25.5 Å². The van der Waals surface area contributed by atoms with Crippen LogP contribution in [-0.4, -0.2) is 59.7 Å². The average Bonchev–Trinajstić information content (AvgIpc) is 3.28. The number of benzene rings is 2. The second kappa shape index (κ2) is 9.52. The Hall–Kier alpha value is -2.92. The highest BCUT2D eigenvalue weighted by atomic mass is 16.4. The molecule has 2 aromatic carbocycles. The van der Waals surface area contributed by atoms with Gasteiger partial charge in [-0.1, -0.05) is 36.4 Å². The van der Waals surface area contributed by atoms with Gasteiger partial charge in [0, 0.05) is 25.0 Å². The van der Waals surface area contributed by atoms with E-state index in [1.807, 2.05) is 42.5 Å². The van der Waals surface area contributed by atoms with Crippen LogP contribution in [0.5, 0.6) is 0 Å². The fraction of sp³-hybridized carbons (Fsp3) is 0.364. The lowest BCUT2D eigenvalue weighted by molar-refractivity contribution is -0.118. The van der Waals surface area contributed by atoms with Crippen LogP contribution in [-0.2, 0) is 4.79 Å². The van der Waals surface area contributed by atoms with Crippen molar-refractivity contribution in [3.8, 4) is 6.07 Å². The van der Waals surface area contributed by atoms with Gasteiger partial charge in [0.2, 0.25) is 0 Å². The third-order valence-electron chi connectivity index (χ3n) is 5.12. The van der Waals surface area contributed by atoms with Gasteiger partial charge in [0.25, 0.3) is 5.91 Å². The number of anilines is 1. The van der Waals surface area contributed by atoms with E-state index in [0.717, 1.165) is 48.0 Å². The normalized spacial score (nSPS) is 16.5. The van der Waals surface area contributed by atoms with Gasteiger partial charge >= 0.3 is 0 Å². The number of amides is 1. The van der Waals surface area contributed by atoms with Crippen LogP contribution in [0.2, 0.25) is 0 Å². The summed E-state index contributed by atoms with van der Waals surface area (Å²) in [6.45, 7) is 0.965. The van der Waals surface area contributed by atoms with Crippen molar-refractivity contribution in [3.63, 3.8) is 0 Å². The van der Waals surface area contributed by atoms with Crippen molar-refractivity contribution in [2.24, 2.45) is 0 Å². The summed E-state index contributed by atoms with van der Waals surface area (Å²) in [5, 5.41) is 42.0. The van der Waals surface area contributed by atoms with E-state index in [1.54, 1.807) is 6.08 Å². The average molecular weight is 395 g/mol. The van der Waals surface area contributed by atoms with Crippen LogP contribution in [0.1, 0.15) is 18.4 Å². The molecule has 1 aliphatic heterocycles. The maximum absolute atomic E-state index is 12.4. The summed E-state index contributed by atoms with van der Waals surface area (Å²) >= 11 is 0. The van der Waals surface area contributed by atoms with Crippen molar-refractivity contribution in [2.75, 3.05) is 31.1 Å². The maximum Gasteiger partial charge on any atom is 0.262 e. The zero-order valence-corrected chi connectivity index (χ0v) is 16.1. The van der Waals surface area contributed by atoms with Gasteiger partial charge in [0.05, 0.1) is 18.4 Å². The van der Waals surface area contributed by atoms with Crippen molar-refractivity contribution in [2.45, 2.75) is 25.0 Å². The van der Waals surface area contributed by atoms with Crippen LogP contribution in [0, 0.1) is 11.3 Å². The first kappa shape index (κ1) is 20.8. The number of hydrogen-bond acceptors (Lipinski definition) is 6. The molecule has 1 fully saturated rings. The Morgan fingerprint density at radius 3 is 2.59 bits per heavy atom. The molecular weight excluding hydrogens is 370 g/mol. The number of carbonyl (C=O) groups is 1. The first-order valence-electron chi connectivity index (χ1n) is 9.69. The molecule has 1 heterocycles. The quantitative estimate of drug-likeness (QED) is 0.413. The highest BCUT2D eigenvalue weighted by Crippen LogP contribution is 2.34. The summed E-state index contributed by atoms with van der Waals surface area (Å²) < 4.78 is 0. The van der Waals surface area contributed by atoms with Gasteiger partial charge in [-0.25, -0.2) is 0 Å². The van der Waals surface area contributed by atoms with Crippen molar-refractivity contribution in [1.82, 2.24) is 5.32 Å². The van der Waals surface area contributed by atoms with Crippen LogP contribution < -0.4 is 10.2 Å². The number of aliphatic hydroxyl groups excluding tert-OH is 3. The predicted octanol–water partition coefficient (Wildman–Crippen LogP) is 1.18. The minimum Gasteiger partial charge on any atom is -0.394 e. The molecule has 152 valence electrons. The van der Waals surface area contributed by atoms with E-state index in [4.69, 9.17) is 5.11 Å². The topological polar surface area (TPSA) is 117 Å². The van der Waals surface area contributed by atoms with Gasteiger partial charge in [-0.3, -0.25) is 4.79 Å². The lowest BCUT2D eigenvalue weighted by Crippen LogP contribution is -2.40. The van der Waals surface area contributed by atoms with Gasteiger partial charge in [-0.2, -0.15) is 5.26 Å². The molecule has 1 amide bonds. The molecule has 2 atom stereocenters. The van der Waals surface area contributed by atoms with Crippen molar-refractivity contribution in [1.29, 1.82) is 5.26 Å². The van der Waals surface area contributed by atoms with E-state index >= 15 is 0 Å². The minimum atomic E-state index is -1.35. The Kier molecular flexibility index (Phi) is 6.83. The Morgan fingerprint density at radius 2 is 1.90 bits per heavy atom. The number of aliphatic hydroxyl groups is 3. The van der Waals surface area contributed by atoms with Gasteiger partial charge in [0.1, 0.15) is 17.7 Å². The summed E-state index contributed by atoms with van der Waals surface area (Å²) in [5.74, 6) is -0.641. The molecule has 0 aliphatic carbocycles. The van der Waals surface area contributed by atoms with Crippen LogP contribution in [0.15, 0.2) is 42.0 Å². The maximum atomic E-state index is 12.4. The van der Waals surface area contributed by atoms with E-state index < -0.39 is 24.7 Å². The Labute approximate surface area is 169 Å². The number of nitrogens with one attached hydrogen (secondary N) is 1. The number of carbonyl (C=O) groups excluding carboxylic acids is 1. The summed E-state index contributed by atoms with van der Waals surface area (Å²) in [6.07, 6.45) is 1.09. The van der Waals surface area contributed by atoms with Crippen LogP contribution >= 0.6 is 0 Å². The molecule has 0 spiro atoms. The zero-order valence-electron chi connectivity index (χ0n) is 16.1. The molecule has 0 aromatic heterocycles. The Balaban J connectivity index is 1.92. The molecule has 3 rings (SSSR count). The zero-order chi connectivity index (χ0) is 20.8. The number of fused-ring (bicyclic) bond motifs is 1. The van der Waals surface area contributed by atoms with E-state index in [1.165, 1.54) is 0 Å². The van der Waals surface area contributed by atoms with E-state index in [0.29, 0.717) is 0 Å². The minimum absolute atomic E-state index is 0.0913. The standard InChI is InChI=1S/C22H25N3O4/c23-12-17(22(29)24-13-19(27)20(28)14-26)11-16-8-7-15-5-1-2-6-18(15)21(16)25-9-3-4-10-25/h1-2,5-8,11,19-20,26-28H,3-4,9-10,13-14H2,(H,24,29)/b17-11+. The summed E-state index contributed by atoms with van der Waals surface area (Å²) in [4.78, 5) is 14.7. The van der Waals surface area contributed by atoms with E-state index in [9.17, 15) is 20.3 Å². The predicted molar refractivity (Wildman–Crippen MR) is 111 cm³/mol. The summed E-state index contributed by atoms with van der Waals surface area (Å²) in [6, 6.07) is 13.8. The van der Waals surface area contributed by atoms with Gasteiger partial charge in [0.15, 0.2) is 0 Å². The van der Waals surface area contributed by atoms with Crippen molar-refractivity contribution in [3.05, 3.63) is 47.5 Å². The fourth-order valence-corrected chi connectivity index (χ4v) is 3.54. The molecule has 29 heavy (non-hydrogen) atoms. The molecule has 7 heteroatoms. The molecule has 0 radical (unpaired) electrons. The van der Waals surface area contributed by atoms with Crippen LogP contribution in [0.4, 0.5) is 5.69 Å². The fourth-order valence-electron chi connectivity index (χ4n) is 3.54. The molecule has 1 aliphatic rings. The van der Waals surface area contributed by atoms with Crippen LogP contribution in [0.3, 0.4) is 0 Å². The third-order valence-corrected chi connectivity index (χ3v) is 5.12. The number of rotatable bonds is 7. The largest absolute Gasteiger partial charge is 0.394 e. The number of nitriles is 1. The monoisotopic (exact) mass is 395 g/mol. The smallest absolute Gasteiger partial charge is 0.262 e. The molecular formula is C22H25N3O4. The summed E-state index contributed by atoms with van der Waals surface area (Å²) in [5.41, 5.74) is 1.71. The highest BCUT2D eigenvalue weighted by molar-refractivity contribution is 6.05.